The molecule has 0 amide bonds. The first-order chi connectivity index (χ1) is 11.6. The van der Waals surface area contributed by atoms with Gasteiger partial charge in [0.15, 0.2) is 0 Å². The molecule has 0 saturated carbocycles. The van der Waals surface area contributed by atoms with E-state index in [1.54, 1.807) is 6.21 Å². The van der Waals surface area contributed by atoms with E-state index in [-0.39, 0.29) is 5.41 Å². The van der Waals surface area contributed by atoms with Gasteiger partial charge in [-0.1, -0.05) is 30.9 Å². The summed E-state index contributed by atoms with van der Waals surface area (Å²) in [6, 6.07) is 0. The zero-order valence-corrected chi connectivity index (χ0v) is 14.9. The Bertz CT molecular complexity index is 552. The first-order valence-electron chi connectivity index (χ1n) is 8.37. The lowest BCUT2D eigenvalue weighted by Gasteiger charge is -2.31. The maximum atomic E-state index is 4.09. The Labute approximate surface area is 146 Å². The molecule has 0 aromatic heterocycles. The number of likely N-dealkylation sites (tertiary alicyclic amines) is 1. The lowest BCUT2D eigenvalue weighted by Crippen LogP contribution is -2.33. The minimum atomic E-state index is 0.115. The fourth-order valence-electron chi connectivity index (χ4n) is 3.25. The molecule has 4 nitrogen and oxygen atoms in total. The topological polar surface area (TPSA) is 40.0 Å². The van der Waals surface area contributed by atoms with Crippen LogP contribution in [0.25, 0.3) is 0 Å². The van der Waals surface area contributed by atoms with Gasteiger partial charge in [-0.3, -0.25) is 0 Å². The average Bonchev–Trinajstić information content (AvgIpc) is 3.00. The van der Waals surface area contributed by atoms with Crippen LogP contribution in [-0.4, -0.2) is 44.5 Å². The monoisotopic (exact) mass is 326 g/mol. The number of allylic oxidation sites excluding steroid dienone is 3. The molecule has 1 unspecified atom stereocenters. The Morgan fingerprint density at radius 3 is 2.88 bits per heavy atom. The minimum absolute atomic E-state index is 0.115. The van der Waals surface area contributed by atoms with Crippen molar-refractivity contribution in [2.45, 2.75) is 25.7 Å². The second-order valence-electron chi connectivity index (χ2n) is 6.11. The SMILES string of the molecule is C=C=C(NC)C1(CCC=C)CCN(CCC(=C)/C=C\C=N/N=C)C1. The van der Waals surface area contributed by atoms with Crippen LogP contribution in [0.1, 0.15) is 25.7 Å². The number of hydrogen-bond donors (Lipinski definition) is 1. The molecular weight excluding hydrogens is 296 g/mol. The van der Waals surface area contributed by atoms with Gasteiger partial charge in [0, 0.05) is 38.5 Å². The average molecular weight is 326 g/mol. The second kappa shape index (κ2) is 10.6. The Balaban J connectivity index is 2.61. The Kier molecular flexibility index (Phi) is 8.77. The fourth-order valence-corrected chi connectivity index (χ4v) is 3.25. The van der Waals surface area contributed by atoms with Crippen molar-refractivity contribution in [2.75, 3.05) is 26.7 Å². The van der Waals surface area contributed by atoms with Crippen LogP contribution in [0.3, 0.4) is 0 Å². The largest absolute Gasteiger partial charge is 0.385 e. The highest BCUT2D eigenvalue weighted by atomic mass is 15.2. The molecule has 130 valence electrons. The molecule has 0 aromatic rings. The van der Waals surface area contributed by atoms with E-state index in [0.717, 1.165) is 56.6 Å². The van der Waals surface area contributed by atoms with Crippen molar-refractivity contribution >= 4 is 12.9 Å². The Morgan fingerprint density at radius 2 is 2.25 bits per heavy atom. The molecule has 0 aliphatic carbocycles. The molecule has 0 radical (unpaired) electrons. The van der Waals surface area contributed by atoms with Gasteiger partial charge in [0.2, 0.25) is 0 Å². The second-order valence-corrected chi connectivity index (χ2v) is 6.11. The molecule has 1 heterocycles. The molecule has 1 aliphatic rings. The van der Waals surface area contributed by atoms with E-state index in [1.807, 2.05) is 25.3 Å². The van der Waals surface area contributed by atoms with E-state index >= 15 is 0 Å². The third kappa shape index (κ3) is 5.80. The van der Waals surface area contributed by atoms with E-state index in [2.05, 4.69) is 52.6 Å². The zero-order valence-electron chi connectivity index (χ0n) is 14.9. The van der Waals surface area contributed by atoms with Gasteiger partial charge in [0.05, 0.1) is 5.70 Å². The molecule has 1 aliphatic heterocycles. The summed E-state index contributed by atoms with van der Waals surface area (Å²) in [5.74, 6) is 0. The molecule has 1 saturated heterocycles. The number of nitrogens with one attached hydrogen (secondary N) is 1. The standard InChI is InChI=1S/C20H30N4/c1-6-8-12-20(19(7-2)21-4)13-16-24(17-20)15-11-18(3)10-9-14-23-22-5/h6,9-10,14,21H,1-3,5,8,11-13,15-17H2,4H3/b10-9-,23-14-. The fraction of sp³-hybridized carbons (Fsp3) is 0.450. The highest BCUT2D eigenvalue weighted by Crippen LogP contribution is 2.40. The first kappa shape index (κ1) is 19.9. The zero-order chi connectivity index (χ0) is 17.8. The molecule has 1 atom stereocenters. The summed E-state index contributed by atoms with van der Waals surface area (Å²) in [5.41, 5.74) is 5.43. The van der Waals surface area contributed by atoms with Crippen LogP contribution in [0.4, 0.5) is 0 Å². The third-order valence-corrected chi connectivity index (χ3v) is 4.53. The van der Waals surface area contributed by atoms with Gasteiger partial charge >= 0.3 is 0 Å². The molecule has 24 heavy (non-hydrogen) atoms. The van der Waals surface area contributed by atoms with E-state index in [1.165, 1.54) is 0 Å². The van der Waals surface area contributed by atoms with Crippen LogP contribution >= 0.6 is 0 Å². The minimum Gasteiger partial charge on any atom is -0.385 e. The van der Waals surface area contributed by atoms with Gasteiger partial charge in [-0.15, -0.1) is 12.3 Å². The van der Waals surface area contributed by atoms with Gasteiger partial charge in [0.1, 0.15) is 0 Å². The molecule has 4 heteroatoms. The summed E-state index contributed by atoms with van der Waals surface area (Å²) in [7, 11) is 1.96. The van der Waals surface area contributed by atoms with Crippen molar-refractivity contribution in [3.63, 3.8) is 0 Å². The van der Waals surface area contributed by atoms with Crippen LogP contribution in [0, 0.1) is 5.41 Å². The van der Waals surface area contributed by atoms with E-state index in [0.29, 0.717) is 0 Å². The normalized spacial score (nSPS) is 21.0. The summed E-state index contributed by atoms with van der Waals surface area (Å²) in [5, 5.41) is 10.4. The van der Waals surface area contributed by atoms with Crippen molar-refractivity contribution in [1.82, 2.24) is 10.2 Å². The van der Waals surface area contributed by atoms with Crippen molar-refractivity contribution in [2.24, 2.45) is 15.6 Å². The Hall–Kier alpha value is -2.16. The third-order valence-electron chi connectivity index (χ3n) is 4.53. The highest BCUT2D eigenvalue weighted by Gasteiger charge is 2.40. The number of hydrogen-bond acceptors (Lipinski definition) is 4. The lowest BCUT2D eigenvalue weighted by atomic mass is 9.79. The molecular formula is C20H30N4. The van der Waals surface area contributed by atoms with Gasteiger partial charge in [0.25, 0.3) is 0 Å². The van der Waals surface area contributed by atoms with Gasteiger partial charge < -0.3 is 10.2 Å². The van der Waals surface area contributed by atoms with Crippen LogP contribution < -0.4 is 5.32 Å². The first-order valence-corrected chi connectivity index (χ1v) is 8.37. The maximum absolute atomic E-state index is 4.09. The molecule has 0 aromatic carbocycles. The van der Waals surface area contributed by atoms with E-state index in [4.69, 9.17) is 0 Å². The van der Waals surface area contributed by atoms with Crippen LogP contribution in [-0.2, 0) is 0 Å². The summed E-state index contributed by atoms with van der Waals surface area (Å²) in [6.45, 7) is 18.2. The van der Waals surface area contributed by atoms with E-state index < -0.39 is 0 Å². The maximum Gasteiger partial charge on any atom is 0.0605 e. The van der Waals surface area contributed by atoms with Crippen molar-refractivity contribution < 1.29 is 0 Å². The molecule has 0 bridgehead atoms. The molecule has 1 rings (SSSR count). The predicted octanol–water partition coefficient (Wildman–Crippen LogP) is 3.72. The van der Waals surface area contributed by atoms with Crippen LogP contribution in [0.15, 0.2) is 65.2 Å². The van der Waals surface area contributed by atoms with Crippen molar-refractivity contribution in [3.8, 4) is 0 Å². The van der Waals surface area contributed by atoms with Gasteiger partial charge in [-0.05, 0) is 38.3 Å². The summed E-state index contributed by atoms with van der Waals surface area (Å²) in [6.07, 6.45) is 11.6. The smallest absolute Gasteiger partial charge is 0.0605 e. The van der Waals surface area contributed by atoms with Gasteiger partial charge in [-0.25, -0.2) is 0 Å². The summed E-state index contributed by atoms with van der Waals surface area (Å²) in [4.78, 5) is 2.50. The molecule has 1 N–H and O–H groups in total. The van der Waals surface area contributed by atoms with Crippen molar-refractivity contribution in [3.05, 3.63) is 55.0 Å². The quantitative estimate of drug-likeness (QED) is 0.207. The van der Waals surface area contributed by atoms with Crippen LogP contribution in [0.5, 0.6) is 0 Å². The Morgan fingerprint density at radius 1 is 1.46 bits per heavy atom. The predicted molar refractivity (Wildman–Crippen MR) is 106 cm³/mol. The molecule has 0 spiro atoms. The van der Waals surface area contributed by atoms with E-state index in [9.17, 15) is 0 Å². The van der Waals surface area contributed by atoms with Gasteiger partial charge in [-0.2, -0.15) is 10.2 Å². The number of nitrogens with zero attached hydrogens (tertiary/aromatic N) is 3. The summed E-state index contributed by atoms with van der Waals surface area (Å²) >= 11 is 0. The highest BCUT2D eigenvalue weighted by molar-refractivity contribution is 5.71. The lowest BCUT2D eigenvalue weighted by molar-refractivity contribution is 0.273. The number of rotatable bonds is 11. The molecule has 1 fully saturated rings. The summed E-state index contributed by atoms with van der Waals surface area (Å²) < 4.78 is 0. The van der Waals surface area contributed by atoms with Crippen LogP contribution in [0.2, 0.25) is 0 Å². The van der Waals surface area contributed by atoms with Crippen molar-refractivity contribution in [1.29, 1.82) is 0 Å².